The Balaban J connectivity index is 0.000000253. The van der Waals surface area contributed by atoms with Crippen LogP contribution in [-0.2, 0) is 20.1 Å². The van der Waals surface area contributed by atoms with Crippen molar-refractivity contribution in [1.82, 2.24) is 0 Å². The van der Waals surface area contributed by atoms with Crippen LogP contribution in [0.3, 0.4) is 0 Å². The molecule has 4 heteroatoms. The molecule has 2 aliphatic heterocycles. The van der Waals surface area contributed by atoms with Crippen LogP contribution in [0.25, 0.3) is 0 Å². The fourth-order valence-corrected chi connectivity index (χ4v) is 4.56. The molecule has 0 bridgehead atoms. The van der Waals surface area contributed by atoms with E-state index in [0.717, 1.165) is 54.7 Å². The van der Waals surface area contributed by atoms with E-state index in [1.54, 1.807) is 6.08 Å². The fraction of sp³-hybridized carbons (Fsp3) is 0.156. The van der Waals surface area contributed by atoms with Crippen LogP contribution in [0.5, 0.6) is 0 Å². The first-order valence-corrected chi connectivity index (χ1v) is 16.4. The Hall–Kier alpha value is -4.89. The van der Waals surface area contributed by atoms with E-state index in [0.29, 0.717) is 0 Å². The van der Waals surface area contributed by atoms with Crippen LogP contribution in [0.4, 0.5) is 0 Å². The molecule has 250 valence electrons. The van der Waals surface area contributed by atoms with Crippen LogP contribution in [0.1, 0.15) is 54.4 Å². The number of aryl methyl sites for hydroxylation is 1. The summed E-state index contributed by atoms with van der Waals surface area (Å²) in [5, 5.41) is 0. The summed E-state index contributed by atoms with van der Waals surface area (Å²) < 4.78 is 0. The summed E-state index contributed by atoms with van der Waals surface area (Å²) in [5.41, 5.74) is 7.76. The molecule has 0 aromatic heterocycles. The largest absolute Gasteiger partial charge is 3.00 e. The number of aliphatic imine (C=N–C) groups is 3. The number of rotatable bonds is 6. The van der Waals surface area contributed by atoms with Crippen molar-refractivity contribution in [2.24, 2.45) is 15.0 Å². The van der Waals surface area contributed by atoms with Gasteiger partial charge in [-0.25, -0.2) is 19.1 Å². The summed E-state index contributed by atoms with van der Waals surface area (Å²) in [6, 6.07) is 30.6. The topological polar surface area (TPSA) is 37.1 Å². The van der Waals surface area contributed by atoms with Gasteiger partial charge in [-0.1, -0.05) is 96.7 Å². The third-order valence-electron chi connectivity index (χ3n) is 7.02. The molecule has 2 heterocycles. The Morgan fingerprint density at radius 2 is 1.41 bits per heavy atom. The predicted octanol–water partition coefficient (Wildman–Crippen LogP) is 11.1. The van der Waals surface area contributed by atoms with Gasteiger partial charge in [0.05, 0.1) is 0 Å². The van der Waals surface area contributed by atoms with Crippen LogP contribution >= 0.6 is 0 Å². The normalized spacial score (nSPS) is 18.4. The first-order valence-electron chi connectivity index (χ1n) is 16.4. The first-order chi connectivity index (χ1) is 23.7. The van der Waals surface area contributed by atoms with E-state index in [1.165, 1.54) is 16.8 Å². The van der Waals surface area contributed by atoms with Gasteiger partial charge >= 0.3 is 20.1 Å². The summed E-state index contributed by atoms with van der Waals surface area (Å²) in [6.45, 7) is 5.73. The van der Waals surface area contributed by atoms with Gasteiger partial charge in [0, 0.05) is 38.0 Å². The van der Waals surface area contributed by atoms with E-state index in [9.17, 15) is 0 Å². The van der Waals surface area contributed by atoms with Crippen molar-refractivity contribution in [3.05, 3.63) is 212 Å². The van der Waals surface area contributed by atoms with Crippen molar-refractivity contribution < 1.29 is 20.1 Å². The van der Waals surface area contributed by atoms with E-state index in [1.807, 2.05) is 92.3 Å². The van der Waals surface area contributed by atoms with Crippen LogP contribution in [0, 0.1) is 26.0 Å². The molecule has 0 unspecified atom stereocenters. The molecular formula is C45H46IrN3. The Kier molecular flexibility index (Phi) is 21.5. The SMILES string of the molecule is CN=C(c1[c-]cccc1)c1ccccc1C.[CH2-]/C=C\C=C/CC1=N/C=C\C/C=C\C=C/C1.[Ir+3].[c-]1ccccc1C1=N/C=C\C/C=C\C=C/C1. The van der Waals surface area contributed by atoms with Crippen LogP contribution in [0.15, 0.2) is 185 Å². The minimum absolute atomic E-state index is 0. The third-order valence-corrected chi connectivity index (χ3v) is 7.02. The first kappa shape index (κ1) is 40.3. The van der Waals surface area contributed by atoms with E-state index in [2.05, 4.69) is 120 Å². The predicted molar refractivity (Wildman–Crippen MR) is 209 cm³/mol. The van der Waals surface area contributed by atoms with Crippen molar-refractivity contribution in [1.29, 1.82) is 0 Å². The summed E-state index contributed by atoms with van der Waals surface area (Å²) in [5.74, 6) is 0. The maximum Gasteiger partial charge on any atom is 3.00 e. The average Bonchev–Trinajstić information content (AvgIpc) is 3.14. The maximum absolute atomic E-state index is 4.47. The summed E-state index contributed by atoms with van der Waals surface area (Å²) in [6.07, 6.45) is 37.0. The Morgan fingerprint density at radius 1 is 0.755 bits per heavy atom. The Bertz CT molecular complexity index is 1700. The van der Waals surface area contributed by atoms with Crippen molar-refractivity contribution >= 4 is 17.1 Å². The number of nitrogens with zero attached hydrogens (tertiary/aromatic N) is 3. The monoisotopic (exact) mass is 821 g/mol. The number of hydrogen-bond acceptors (Lipinski definition) is 3. The second-order valence-electron chi connectivity index (χ2n) is 10.6. The van der Waals surface area contributed by atoms with Gasteiger partial charge < -0.3 is 9.98 Å². The van der Waals surface area contributed by atoms with E-state index in [4.69, 9.17) is 0 Å². The zero-order valence-corrected chi connectivity index (χ0v) is 31.0. The molecule has 0 radical (unpaired) electrons. The molecule has 0 amide bonds. The smallest absolute Gasteiger partial charge is 0.336 e. The summed E-state index contributed by atoms with van der Waals surface area (Å²) in [7, 11) is 1.82. The third kappa shape index (κ3) is 16.7. The molecule has 0 N–H and O–H groups in total. The molecule has 0 spiro atoms. The van der Waals surface area contributed by atoms with Crippen molar-refractivity contribution in [2.45, 2.75) is 39.0 Å². The van der Waals surface area contributed by atoms with Crippen molar-refractivity contribution in [3.63, 3.8) is 0 Å². The standard InChI is InChI=1S/2C15H14N.C15H18N.Ir/c1-12-8-6-7-11-14(12)15(16-2)13-9-4-3-5-10-13;1-2-4-9-13-16-15(12-8-3-1)14-10-6-5-7-11-14;1-2-3-4-9-12-15-13-10-7-5-6-8-11-14-16-15;/h3-9,11H,1-2H3;1-3,5-10,13H,4,12H2;2-7,9-11,14H,1,8,12-13H2;/q3*-1;+3/b;2-1-,8-3-,13-9-,16-15?;3-2-,6-5-,9-4-,10-7-,14-11-,16-15?;. The zero-order valence-electron chi connectivity index (χ0n) is 28.6. The van der Waals surface area contributed by atoms with Gasteiger partial charge in [0.1, 0.15) is 0 Å². The quantitative estimate of drug-likeness (QED) is 0.135. The Morgan fingerprint density at radius 3 is 2.06 bits per heavy atom. The molecular weight excluding hydrogens is 775 g/mol. The molecule has 3 aromatic rings. The van der Waals surface area contributed by atoms with E-state index in [-0.39, 0.29) is 20.1 Å². The minimum Gasteiger partial charge on any atom is -0.336 e. The van der Waals surface area contributed by atoms with Gasteiger partial charge in [-0.05, 0) is 43.2 Å². The molecule has 0 aliphatic carbocycles. The number of benzene rings is 3. The molecule has 49 heavy (non-hydrogen) atoms. The van der Waals surface area contributed by atoms with Crippen LogP contribution < -0.4 is 0 Å². The van der Waals surface area contributed by atoms with Gasteiger partial charge in [0.15, 0.2) is 0 Å². The second-order valence-corrected chi connectivity index (χ2v) is 10.6. The zero-order chi connectivity index (χ0) is 33.9. The van der Waals surface area contributed by atoms with Gasteiger partial charge in [-0.2, -0.15) is 0 Å². The molecule has 3 nitrogen and oxygen atoms in total. The molecule has 0 atom stereocenters. The van der Waals surface area contributed by atoms with Gasteiger partial charge in [-0.15, -0.1) is 77.9 Å². The minimum atomic E-state index is 0. The number of hydrogen-bond donors (Lipinski definition) is 0. The molecule has 5 rings (SSSR count). The van der Waals surface area contributed by atoms with Gasteiger partial charge in [0.25, 0.3) is 0 Å². The van der Waals surface area contributed by atoms with Crippen LogP contribution in [-0.4, -0.2) is 24.2 Å². The van der Waals surface area contributed by atoms with E-state index >= 15 is 0 Å². The molecule has 0 fully saturated rings. The second kappa shape index (κ2) is 26.1. The Labute approximate surface area is 308 Å². The van der Waals surface area contributed by atoms with Crippen molar-refractivity contribution in [2.75, 3.05) is 7.05 Å². The molecule has 0 saturated heterocycles. The average molecular weight is 821 g/mol. The fourth-order valence-electron chi connectivity index (χ4n) is 4.56. The molecule has 2 aliphatic rings. The molecule has 0 saturated carbocycles. The van der Waals surface area contributed by atoms with Gasteiger partial charge in [-0.3, -0.25) is 4.99 Å². The summed E-state index contributed by atoms with van der Waals surface area (Å²) in [4.78, 5) is 13.3. The molecule has 3 aromatic carbocycles. The van der Waals surface area contributed by atoms with E-state index < -0.39 is 0 Å². The maximum atomic E-state index is 4.47. The van der Waals surface area contributed by atoms with Gasteiger partial charge in [0.2, 0.25) is 0 Å². The van der Waals surface area contributed by atoms with Crippen molar-refractivity contribution in [3.8, 4) is 0 Å². The van der Waals surface area contributed by atoms with Crippen LogP contribution in [0.2, 0.25) is 0 Å². The summed E-state index contributed by atoms with van der Waals surface area (Å²) >= 11 is 0. The number of allylic oxidation sites excluding steroid dienone is 14.